The van der Waals surface area contributed by atoms with Crippen molar-refractivity contribution in [3.8, 4) is 6.07 Å². The van der Waals surface area contributed by atoms with Gasteiger partial charge in [0.05, 0.1) is 17.6 Å². The molecule has 2 unspecified atom stereocenters. The zero-order valence-electron chi connectivity index (χ0n) is 9.62. The highest BCUT2D eigenvalue weighted by molar-refractivity contribution is 9.10. The lowest BCUT2D eigenvalue weighted by molar-refractivity contribution is 0.0932. The van der Waals surface area contributed by atoms with Crippen LogP contribution >= 0.6 is 27.5 Å². The minimum Gasteiger partial charge on any atom is -0.348 e. The smallest absolute Gasteiger partial charge is 0.252 e. The van der Waals surface area contributed by atoms with Gasteiger partial charge >= 0.3 is 0 Å². The number of nitrogens with one attached hydrogen (secondary N) is 1. The number of hydrogen-bond acceptors (Lipinski definition) is 2. The molecule has 2 atom stereocenters. The highest BCUT2D eigenvalue weighted by Crippen LogP contribution is 2.26. The summed E-state index contributed by atoms with van der Waals surface area (Å²) in [4.78, 5) is 12.1. The van der Waals surface area contributed by atoms with Crippen molar-refractivity contribution in [1.82, 2.24) is 5.32 Å². The van der Waals surface area contributed by atoms with Crippen molar-refractivity contribution in [3.05, 3.63) is 33.3 Å². The molecule has 1 aromatic rings. The molecule has 1 aromatic carbocycles. The summed E-state index contributed by atoms with van der Waals surface area (Å²) >= 11 is 9.21. The van der Waals surface area contributed by atoms with Crippen molar-refractivity contribution in [3.63, 3.8) is 0 Å². The van der Waals surface area contributed by atoms with Gasteiger partial charge in [0.1, 0.15) is 0 Å². The third kappa shape index (κ3) is 2.85. The first-order chi connectivity index (χ1) is 8.61. The number of nitrogens with zero attached hydrogens (tertiary/aromatic N) is 1. The largest absolute Gasteiger partial charge is 0.348 e. The van der Waals surface area contributed by atoms with Gasteiger partial charge in [0.15, 0.2) is 0 Å². The van der Waals surface area contributed by atoms with Crippen molar-refractivity contribution < 1.29 is 4.79 Å². The van der Waals surface area contributed by atoms with Crippen molar-refractivity contribution in [2.45, 2.75) is 25.3 Å². The van der Waals surface area contributed by atoms with E-state index in [9.17, 15) is 4.79 Å². The highest BCUT2D eigenvalue weighted by atomic mass is 79.9. The maximum atomic E-state index is 12.1. The zero-order valence-corrected chi connectivity index (χ0v) is 12.0. The molecule has 2 rings (SSSR count). The molecule has 1 N–H and O–H groups in total. The van der Waals surface area contributed by atoms with Gasteiger partial charge < -0.3 is 5.32 Å². The first-order valence-corrected chi connectivity index (χ1v) is 6.94. The maximum Gasteiger partial charge on any atom is 0.252 e. The normalized spacial score (nSPS) is 22.5. The van der Waals surface area contributed by atoms with Gasteiger partial charge in [-0.15, -0.1) is 0 Å². The number of nitriles is 1. The standard InChI is InChI=1S/C13H12BrClN2O/c14-11-5-4-9(15)6-10(11)13(18)17-12-3-1-2-8(12)7-16/h4-6,8,12H,1-3H2,(H,17,18). The third-order valence-electron chi connectivity index (χ3n) is 3.17. The van der Waals surface area contributed by atoms with Gasteiger partial charge in [0.2, 0.25) is 0 Å². The van der Waals surface area contributed by atoms with Crippen LogP contribution in [0.15, 0.2) is 22.7 Å². The molecule has 0 spiro atoms. The lowest BCUT2D eigenvalue weighted by Gasteiger charge is -2.16. The predicted octanol–water partition coefficient (Wildman–Crippen LogP) is 3.52. The molecule has 0 heterocycles. The van der Waals surface area contributed by atoms with E-state index in [4.69, 9.17) is 16.9 Å². The summed E-state index contributed by atoms with van der Waals surface area (Å²) < 4.78 is 0.705. The van der Waals surface area contributed by atoms with E-state index in [0.717, 1.165) is 19.3 Å². The number of rotatable bonds is 2. The highest BCUT2D eigenvalue weighted by Gasteiger charge is 2.29. The molecule has 3 nitrogen and oxygen atoms in total. The Morgan fingerprint density at radius 1 is 1.50 bits per heavy atom. The van der Waals surface area contributed by atoms with Gasteiger partial charge in [-0.25, -0.2) is 0 Å². The lowest BCUT2D eigenvalue weighted by Crippen LogP contribution is -2.37. The van der Waals surface area contributed by atoms with Gasteiger partial charge in [-0.2, -0.15) is 5.26 Å². The maximum absolute atomic E-state index is 12.1. The summed E-state index contributed by atoms with van der Waals surface area (Å²) in [5.41, 5.74) is 0.506. The van der Waals surface area contributed by atoms with Crippen LogP contribution in [-0.4, -0.2) is 11.9 Å². The first-order valence-electron chi connectivity index (χ1n) is 5.77. The van der Waals surface area contributed by atoms with Crippen LogP contribution in [0.5, 0.6) is 0 Å². The van der Waals surface area contributed by atoms with E-state index in [0.29, 0.717) is 15.1 Å². The molecular weight excluding hydrogens is 316 g/mol. The van der Waals surface area contributed by atoms with Crippen LogP contribution in [0.25, 0.3) is 0 Å². The minimum atomic E-state index is -0.184. The minimum absolute atomic E-state index is 0.0478. The van der Waals surface area contributed by atoms with Crippen molar-refractivity contribution in [2.75, 3.05) is 0 Å². The Labute approximate surface area is 119 Å². The Hall–Kier alpha value is -1.05. The topological polar surface area (TPSA) is 52.9 Å². The number of amides is 1. The fourth-order valence-corrected chi connectivity index (χ4v) is 2.80. The van der Waals surface area contributed by atoms with Crippen LogP contribution in [0.3, 0.4) is 0 Å². The fraction of sp³-hybridized carbons (Fsp3) is 0.385. The van der Waals surface area contributed by atoms with Gasteiger partial charge in [-0.05, 0) is 53.4 Å². The molecule has 0 aliphatic heterocycles. The second-order valence-electron chi connectivity index (χ2n) is 4.37. The number of benzene rings is 1. The summed E-state index contributed by atoms with van der Waals surface area (Å²) in [6.07, 6.45) is 2.71. The van der Waals surface area contributed by atoms with E-state index < -0.39 is 0 Å². The second kappa shape index (κ2) is 5.73. The summed E-state index contributed by atoms with van der Waals surface area (Å²) in [6, 6.07) is 7.28. The molecular formula is C13H12BrClN2O. The van der Waals surface area contributed by atoms with Gasteiger partial charge in [-0.3, -0.25) is 4.79 Å². The Kier molecular flexibility index (Phi) is 4.26. The number of hydrogen-bond donors (Lipinski definition) is 1. The van der Waals surface area contributed by atoms with E-state index in [1.165, 1.54) is 0 Å². The van der Waals surface area contributed by atoms with Crippen LogP contribution in [0.1, 0.15) is 29.6 Å². The molecule has 5 heteroatoms. The lowest BCUT2D eigenvalue weighted by atomic mass is 10.1. The van der Waals surface area contributed by atoms with Gasteiger partial charge in [0, 0.05) is 15.5 Å². The average Bonchev–Trinajstić information content (AvgIpc) is 2.79. The average molecular weight is 328 g/mol. The van der Waals surface area contributed by atoms with Crippen LogP contribution in [-0.2, 0) is 0 Å². The number of carbonyl (C=O) groups is 1. The summed E-state index contributed by atoms with van der Waals surface area (Å²) in [6.45, 7) is 0. The molecule has 18 heavy (non-hydrogen) atoms. The van der Waals surface area contributed by atoms with Crippen LogP contribution in [0.4, 0.5) is 0 Å². The van der Waals surface area contributed by atoms with Crippen molar-refractivity contribution >= 4 is 33.4 Å². The SMILES string of the molecule is N#CC1CCCC1NC(=O)c1cc(Cl)ccc1Br. The molecule has 0 radical (unpaired) electrons. The quantitative estimate of drug-likeness (QED) is 0.903. The van der Waals surface area contributed by atoms with Gasteiger partial charge in [0.25, 0.3) is 5.91 Å². The van der Waals surface area contributed by atoms with Crippen LogP contribution in [0, 0.1) is 17.2 Å². The number of carbonyl (C=O) groups excluding carboxylic acids is 1. The fourth-order valence-electron chi connectivity index (χ4n) is 2.20. The van der Waals surface area contributed by atoms with E-state index in [1.807, 2.05) is 0 Å². The molecule has 1 fully saturated rings. The van der Waals surface area contributed by atoms with Crippen molar-refractivity contribution in [1.29, 1.82) is 5.26 Å². The monoisotopic (exact) mass is 326 g/mol. The van der Waals surface area contributed by atoms with Crippen molar-refractivity contribution in [2.24, 2.45) is 5.92 Å². The molecule has 0 saturated heterocycles. The molecule has 0 aromatic heterocycles. The molecule has 1 saturated carbocycles. The molecule has 1 aliphatic carbocycles. The molecule has 1 aliphatic rings. The van der Waals surface area contributed by atoms with E-state index in [2.05, 4.69) is 27.3 Å². The Morgan fingerprint density at radius 3 is 3.00 bits per heavy atom. The number of halogens is 2. The van der Waals surface area contributed by atoms with Gasteiger partial charge in [-0.1, -0.05) is 11.6 Å². The van der Waals surface area contributed by atoms with Crippen LogP contribution < -0.4 is 5.32 Å². The van der Waals surface area contributed by atoms with E-state index in [-0.39, 0.29) is 17.9 Å². The summed E-state index contributed by atoms with van der Waals surface area (Å²) in [7, 11) is 0. The molecule has 0 bridgehead atoms. The Morgan fingerprint density at radius 2 is 2.28 bits per heavy atom. The van der Waals surface area contributed by atoms with E-state index >= 15 is 0 Å². The third-order valence-corrected chi connectivity index (χ3v) is 4.10. The second-order valence-corrected chi connectivity index (χ2v) is 5.66. The first kappa shape index (κ1) is 13.4. The Balaban J connectivity index is 2.13. The zero-order chi connectivity index (χ0) is 13.1. The Bertz CT molecular complexity index is 512. The summed E-state index contributed by atoms with van der Waals surface area (Å²) in [5.74, 6) is -0.261. The van der Waals surface area contributed by atoms with Crippen LogP contribution in [0.2, 0.25) is 5.02 Å². The summed E-state index contributed by atoms with van der Waals surface area (Å²) in [5, 5.41) is 12.4. The predicted molar refractivity (Wildman–Crippen MR) is 73.4 cm³/mol. The van der Waals surface area contributed by atoms with E-state index in [1.54, 1.807) is 18.2 Å². The molecule has 1 amide bonds. The molecule has 94 valence electrons.